The van der Waals surface area contributed by atoms with Crippen molar-refractivity contribution in [1.29, 1.82) is 0 Å². The SMILES string of the molecule is C=CC(=O)O.C=CC(=O)OCCCCCCCCCC.C=CC(N)=O. The molecule has 0 radical (unpaired) electrons. The van der Waals surface area contributed by atoms with Gasteiger partial charge in [0.15, 0.2) is 0 Å². The molecule has 0 aliphatic heterocycles. The van der Waals surface area contributed by atoms with Gasteiger partial charge in [0.1, 0.15) is 0 Å². The van der Waals surface area contributed by atoms with Crippen LogP contribution < -0.4 is 5.73 Å². The Morgan fingerprint density at radius 1 is 0.880 bits per heavy atom. The number of hydrogen-bond donors (Lipinski definition) is 2. The molecular formula is C19H33NO5. The van der Waals surface area contributed by atoms with Gasteiger partial charge in [0.05, 0.1) is 6.61 Å². The van der Waals surface area contributed by atoms with Gasteiger partial charge in [-0.2, -0.15) is 0 Å². The summed E-state index contributed by atoms with van der Waals surface area (Å²) in [4.78, 5) is 29.4. The van der Waals surface area contributed by atoms with Crippen LogP contribution in [0.15, 0.2) is 38.0 Å². The molecule has 0 saturated heterocycles. The number of carboxylic acids is 1. The summed E-state index contributed by atoms with van der Waals surface area (Å²) in [7, 11) is 0. The average molecular weight is 355 g/mol. The molecule has 0 unspecified atom stereocenters. The van der Waals surface area contributed by atoms with E-state index in [1.54, 1.807) is 0 Å². The standard InChI is InChI=1S/C13H24O2.C3H5NO.C3H4O2/c1-3-5-6-7-8-9-10-11-12-15-13(14)4-2;2*1-2-3(4)5/h4H,2-3,5-12H2,1H3;2H,1H2,(H2,4,5);2H,1H2,(H,4,5). The van der Waals surface area contributed by atoms with Crippen LogP contribution in [0.1, 0.15) is 58.3 Å². The van der Waals surface area contributed by atoms with Crippen molar-refractivity contribution in [1.82, 2.24) is 0 Å². The van der Waals surface area contributed by atoms with E-state index in [0.29, 0.717) is 6.61 Å². The fraction of sp³-hybridized carbons (Fsp3) is 0.526. The Morgan fingerprint density at radius 3 is 1.60 bits per heavy atom. The summed E-state index contributed by atoms with van der Waals surface area (Å²) < 4.78 is 4.88. The van der Waals surface area contributed by atoms with Gasteiger partial charge in [-0.05, 0) is 12.5 Å². The Balaban J connectivity index is -0.000000396. The molecule has 0 spiro atoms. The minimum Gasteiger partial charge on any atom is -0.478 e. The molecule has 144 valence electrons. The van der Waals surface area contributed by atoms with Gasteiger partial charge in [-0.1, -0.05) is 71.6 Å². The first-order valence-corrected chi connectivity index (χ1v) is 8.42. The summed E-state index contributed by atoms with van der Waals surface area (Å²) in [5.74, 6) is -1.77. The first kappa shape index (κ1) is 27.5. The van der Waals surface area contributed by atoms with E-state index in [1.807, 2.05) is 0 Å². The molecule has 1 amide bonds. The Hall–Kier alpha value is -2.37. The number of unbranched alkanes of at least 4 members (excludes halogenated alkanes) is 7. The zero-order chi connectivity index (χ0) is 19.9. The summed E-state index contributed by atoms with van der Waals surface area (Å²) in [6.45, 7) is 12.2. The van der Waals surface area contributed by atoms with Gasteiger partial charge in [0.25, 0.3) is 0 Å². The molecule has 0 aliphatic rings. The maximum Gasteiger partial charge on any atom is 0.330 e. The molecular weight excluding hydrogens is 322 g/mol. The van der Waals surface area contributed by atoms with E-state index in [0.717, 1.165) is 25.0 Å². The number of primary amides is 1. The monoisotopic (exact) mass is 355 g/mol. The first-order valence-electron chi connectivity index (χ1n) is 8.42. The molecule has 0 heterocycles. The van der Waals surface area contributed by atoms with Crippen LogP contribution in [-0.4, -0.2) is 29.6 Å². The fourth-order valence-electron chi connectivity index (χ4n) is 1.47. The van der Waals surface area contributed by atoms with Crippen molar-refractivity contribution in [2.45, 2.75) is 58.3 Å². The van der Waals surface area contributed by atoms with Gasteiger partial charge in [-0.15, -0.1) is 0 Å². The number of carboxylic acid groups (broad SMARTS) is 1. The third-order valence-electron chi connectivity index (χ3n) is 2.78. The second-order valence-corrected chi connectivity index (χ2v) is 5.00. The van der Waals surface area contributed by atoms with Crippen LogP contribution in [0.3, 0.4) is 0 Å². The molecule has 0 fully saturated rings. The van der Waals surface area contributed by atoms with Crippen LogP contribution in [0.25, 0.3) is 0 Å². The third kappa shape index (κ3) is 38.9. The van der Waals surface area contributed by atoms with Gasteiger partial charge >= 0.3 is 11.9 Å². The molecule has 6 nitrogen and oxygen atoms in total. The number of nitrogens with two attached hydrogens (primary N) is 1. The summed E-state index contributed by atoms with van der Waals surface area (Å²) in [6, 6.07) is 0. The minimum absolute atomic E-state index is 0.307. The topological polar surface area (TPSA) is 107 Å². The Bertz CT molecular complexity index is 373. The second kappa shape index (κ2) is 23.9. The van der Waals surface area contributed by atoms with E-state index in [9.17, 15) is 14.4 Å². The molecule has 0 bridgehead atoms. The van der Waals surface area contributed by atoms with Crippen LogP contribution in [0.2, 0.25) is 0 Å². The van der Waals surface area contributed by atoms with Crippen LogP contribution >= 0.6 is 0 Å². The molecule has 0 rings (SSSR count). The van der Waals surface area contributed by atoms with E-state index in [-0.39, 0.29) is 5.97 Å². The summed E-state index contributed by atoms with van der Waals surface area (Å²) in [5, 5.41) is 7.60. The normalized spacial score (nSPS) is 8.52. The lowest BCUT2D eigenvalue weighted by molar-refractivity contribution is -0.138. The molecule has 6 heteroatoms. The van der Waals surface area contributed by atoms with Crippen molar-refractivity contribution in [3.05, 3.63) is 38.0 Å². The van der Waals surface area contributed by atoms with Gasteiger partial charge < -0.3 is 15.6 Å². The second-order valence-electron chi connectivity index (χ2n) is 5.00. The number of rotatable bonds is 12. The predicted octanol–water partition coefficient (Wildman–Crippen LogP) is 3.77. The van der Waals surface area contributed by atoms with Crippen LogP contribution in [0.5, 0.6) is 0 Å². The van der Waals surface area contributed by atoms with Crippen molar-refractivity contribution in [3.8, 4) is 0 Å². The molecule has 0 saturated carbocycles. The maximum absolute atomic E-state index is 10.7. The lowest BCUT2D eigenvalue weighted by Crippen LogP contribution is -2.04. The highest BCUT2D eigenvalue weighted by Gasteiger charge is 1.95. The third-order valence-corrected chi connectivity index (χ3v) is 2.78. The molecule has 3 N–H and O–H groups in total. The number of hydrogen-bond acceptors (Lipinski definition) is 4. The maximum atomic E-state index is 10.7. The Morgan fingerprint density at radius 2 is 1.28 bits per heavy atom. The number of carbonyl (C=O) groups is 3. The van der Waals surface area contributed by atoms with E-state index < -0.39 is 11.9 Å². The number of amides is 1. The van der Waals surface area contributed by atoms with E-state index in [4.69, 9.17) is 9.84 Å². The van der Waals surface area contributed by atoms with E-state index in [1.165, 1.54) is 44.6 Å². The van der Waals surface area contributed by atoms with Crippen LogP contribution in [0.4, 0.5) is 0 Å². The highest BCUT2D eigenvalue weighted by Crippen LogP contribution is 2.08. The zero-order valence-corrected chi connectivity index (χ0v) is 15.4. The largest absolute Gasteiger partial charge is 0.478 e. The number of ether oxygens (including phenoxy) is 1. The zero-order valence-electron chi connectivity index (χ0n) is 15.4. The van der Waals surface area contributed by atoms with Crippen molar-refractivity contribution >= 4 is 17.8 Å². The summed E-state index contributed by atoms with van der Waals surface area (Å²) in [5.41, 5.74) is 4.53. The minimum atomic E-state index is -0.981. The van der Waals surface area contributed by atoms with Crippen molar-refractivity contribution in [3.63, 3.8) is 0 Å². The van der Waals surface area contributed by atoms with Crippen LogP contribution in [-0.2, 0) is 19.1 Å². The van der Waals surface area contributed by atoms with Crippen molar-refractivity contribution in [2.24, 2.45) is 5.73 Å². The van der Waals surface area contributed by atoms with Crippen molar-refractivity contribution < 1.29 is 24.2 Å². The fourth-order valence-corrected chi connectivity index (χ4v) is 1.47. The lowest BCUT2D eigenvalue weighted by atomic mass is 10.1. The first-order chi connectivity index (χ1) is 11.8. The number of carbonyl (C=O) groups excluding carboxylic acids is 2. The summed E-state index contributed by atoms with van der Waals surface area (Å²) >= 11 is 0. The van der Waals surface area contributed by atoms with Crippen molar-refractivity contribution in [2.75, 3.05) is 6.61 Å². The molecule has 25 heavy (non-hydrogen) atoms. The summed E-state index contributed by atoms with van der Waals surface area (Å²) in [6.07, 6.45) is 13.2. The smallest absolute Gasteiger partial charge is 0.330 e. The molecule has 0 aromatic rings. The highest BCUT2D eigenvalue weighted by atomic mass is 16.5. The molecule has 0 aliphatic carbocycles. The van der Waals surface area contributed by atoms with Gasteiger partial charge in [-0.3, -0.25) is 4.79 Å². The van der Waals surface area contributed by atoms with E-state index in [2.05, 4.69) is 32.4 Å². The Kier molecular flexibility index (Phi) is 26.3. The van der Waals surface area contributed by atoms with Gasteiger partial charge in [0, 0.05) is 12.2 Å². The van der Waals surface area contributed by atoms with Gasteiger partial charge in [0.2, 0.25) is 5.91 Å². The lowest BCUT2D eigenvalue weighted by Gasteiger charge is -2.02. The molecule has 0 aromatic carbocycles. The molecule has 0 aromatic heterocycles. The van der Waals surface area contributed by atoms with Crippen LogP contribution in [0, 0.1) is 0 Å². The predicted molar refractivity (Wildman–Crippen MR) is 101 cm³/mol. The number of aliphatic carboxylic acids is 1. The average Bonchev–Trinajstić information content (AvgIpc) is 2.60. The highest BCUT2D eigenvalue weighted by molar-refractivity contribution is 5.85. The Labute approximate surface area is 151 Å². The van der Waals surface area contributed by atoms with E-state index >= 15 is 0 Å². The molecule has 0 atom stereocenters. The number of esters is 1. The quantitative estimate of drug-likeness (QED) is 0.315. The van der Waals surface area contributed by atoms with Gasteiger partial charge in [-0.25, -0.2) is 9.59 Å².